The summed E-state index contributed by atoms with van der Waals surface area (Å²) in [4.78, 5) is 14.5. The summed E-state index contributed by atoms with van der Waals surface area (Å²) in [6.07, 6.45) is 9.57. The van der Waals surface area contributed by atoms with E-state index >= 15 is 0 Å². The van der Waals surface area contributed by atoms with Crippen LogP contribution in [-0.2, 0) is 11.3 Å². The number of amides is 1. The first-order valence-corrected chi connectivity index (χ1v) is 7.86. The van der Waals surface area contributed by atoms with Crippen LogP contribution in [0.25, 0.3) is 0 Å². The van der Waals surface area contributed by atoms with Gasteiger partial charge in [0, 0.05) is 6.04 Å². The predicted molar refractivity (Wildman–Crippen MR) is 77.1 cm³/mol. The number of fused-ring (bicyclic) bond motifs is 1. The van der Waals surface area contributed by atoms with Crippen molar-refractivity contribution in [1.82, 2.24) is 10.2 Å². The molecule has 2 fully saturated rings. The smallest absolute Gasteiger partial charge is 0.234 e. The number of piperidine rings is 1. The molecule has 1 saturated carbocycles. The lowest BCUT2D eigenvalue weighted by Gasteiger charge is -2.43. The van der Waals surface area contributed by atoms with E-state index in [1.165, 1.54) is 38.5 Å². The summed E-state index contributed by atoms with van der Waals surface area (Å²) >= 11 is 0. The highest BCUT2D eigenvalue weighted by atomic mass is 16.3. The number of likely N-dealkylation sites (tertiary alicyclic amines) is 1. The quantitative estimate of drug-likeness (QED) is 0.919. The highest BCUT2D eigenvalue weighted by Crippen LogP contribution is 2.34. The van der Waals surface area contributed by atoms with Crippen molar-refractivity contribution in [3.8, 4) is 0 Å². The molecule has 2 atom stereocenters. The van der Waals surface area contributed by atoms with Crippen LogP contribution >= 0.6 is 0 Å². The molecule has 0 spiro atoms. The number of carbonyl (C=O) groups excluding carboxylic acids is 1. The molecule has 2 aliphatic rings. The van der Waals surface area contributed by atoms with Crippen LogP contribution in [0, 0.1) is 5.92 Å². The lowest BCUT2D eigenvalue weighted by molar-refractivity contribution is -0.124. The first kappa shape index (κ1) is 13.7. The Labute approximate surface area is 120 Å². The Balaban J connectivity index is 1.49. The third-order valence-electron chi connectivity index (χ3n) is 4.74. The average molecular weight is 276 g/mol. The zero-order valence-electron chi connectivity index (χ0n) is 12.0. The number of rotatable bonds is 4. The molecule has 4 heteroatoms. The molecule has 0 bridgehead atoms. The molecule has 2 unspecified atom stereocenters. The molecule has 1 aromatic rings. The fourth-order valence-corrected chi connectivity index (χ4v) is 3.76. The molecule has 1 N–H and O–H groups in total. The van der Waals surface area contributed by atoms with Gasteiger partial charge in [0.1, 0.15) is 5.76 Å². The van der Waals surface area contributed by atoms with Gasteiger partial charge in [-0.15, -0.1) is 0 Å². The van der Waals surface area contributed by atoms with Crippen LogP contribution in [0.15, 0.2) is 22.8 Å². The number of nitrogens with one attached hydrogen (secondary N) is 1. The summed E-state index contributed by atoms with van der Waals surface area (Å²) in [5.41, 5.74) is 0. The zero-order valence-corrected chi connectivity index (χ0v) is 12.0. The van der Waals surface area contributed by atoms with Crippen LogP contribution < -0.4 is 5.32 Å². The minimum atomic E-state index is 0.118. The van der Waals surface area contributed by atoms with Crippen LogP contribution in [0.3, 0.4) is 0 Å². The van der Waals surface area contributed by atoms with E-state index in [9.17, 15) is 4.79 Å². The third kappa shape index (κ3) is 3.23. The monoisotopic (exact) mass is 276 g/mol. The SMILES string of the molecule is O=C(CN1CCCC2CCCCC21)NCc1ccco1. The third-order valence-corrected chi connectivity index (χ3v) is 4.74. The van der Waals surface area contributed by atoms with E-state index in [1.807, 2.05) is 12.1 Å². The van der Waals surface area contributed by atoms with Gasteiger partial charge in [0.2, 0.25) is 5.91 Å². The second-order valence-corrected chi connectivity index (χ2v) is 6.08. The standard InChI is InChI=1S/C16H24N2O2/c19-16(17-11-14-7-4-10-20-14)12-18-9-3-6-13-5-1-2-8-15(13)18/h4,7,10,13,15H,1-3,5-6,8-9,11-12H2,(H,17,19). The van der Waals surface area contributed by atoms with E-state index < -0.39 is 0 Å². The molecule has 1 aliphatic heterocycles. The van der Waals surface area contributed by atoms with Crippen LogP contribution in [-0.4, -0.2) is 29.9 Å². The fourth-order valence-electron chi connectivity index (χ4n) is 3.76. The van der Waals surface area contributed by atoms with Crippen molar-refractivity contribution in [2.45, 2.75) is 51.1 Å². The Hall–Kier alpha value is -1.29. The first-order chi connectivity index (χ1) is 9.83. The van der Waals surface area contributed by atoms with E-state index in [4.69, 9.17) is 4.42 Å². The van der Waals surface area contributed by atoms with Crippen molar-refractivity contribution in [1.29, 1.82) is 0 Å². The number of furan rings is 1. The Morgan fingerprint density at radius 3 is 3.00 bits per heavy atom. The van der Waals surface area contributed by atoms with Gasteiger partial charge >= 0.3 is 0 Å². The number of hydrogen-bond acceptors (Lipinski definition) is 3. The van der Waals surface area contributed by atoms with Gasteiger partial charge in [0.15, 0.2) is 0 Å². The van der Waals surface area contributed by atoms with Crippen molar-refractivity contribution in [3.63, 3.8) is 0 Å². The Morgan fingerprint density at radius 1 is 1.30 bits per heavy atom. The lowest BCUT2D eigenvalue weighted by Crippen LogP contribution is -2.50. The fraction of sp³-hybridized carbons (Fsp3) is 0.688. The van der Waals surface area contributed by atoms with Crippen LogP contribution in [0.2, 0.25) is 0 Å². The maximum Gasteiger partial charge on any atom is 0.234 e. The molecule has 1 amide bonds. The second kappa shape index (κ2) is 6.44. The van der Waals surface area contributed by atoms with Gasteiger partial charge in [-0.25, -0.2) is 0 Å². The van der Waals surface area contributed by atoms with Gasteiger partial charge in [-0.05, 0) is 50.3 Å². The largest absolute Gasteiger partial charge is 0.467 e. The van der Waals surface area contributed by atoms with Crippen LogP contribution in [0.4, 0.5) is 0 Å². The Kier molecular flexibility index (Phi) is 4.41. The zero-order chi connectivity index (χ0) is 13.8. The molecule has 3 rings (SSSR count). The van der Waals surface area contributed by atoms with E-state index in [0.717, 1.165) is 18.2 Å². The van der Waals surface area contributed by atoms with E-state index in [1.54, 1.807) is 6.26 Å². The summed E-state index contributed by atoms with van der Waals surface area (Å²) < 4.78 is 5.23. The molecule has 0 aromatic carbocycles. The normalized spacial score (nSPS) is 27.0. The van der Waals surface area contributed by atoms with Crippen molar-refractivity contribution < 1.29 is 9.21 Å². The van der Waals surface area contributed by atoms with Crippen molar-refractivity contribution in [3.05, 3.63) is 24.2 Å². The topological polar surface area (TPSA) is 45.5 Å². The molecule has 20 heavy (non-hydrogen) atoms. The maximum atomic E-state index is 12.1. The minimum absolute atomic E-state index is 0.118. The molecule has 4 nitrogen and oxygen atoms in total. The molecule has 1 saturated heterocycles. The van der Waals surface area contributed by atoms with Crippen LogP contribution in [0.5, 0.6) is 0 Å². The minimum Gasteiger partial charge on any atom is -0.467 e. The summed E-state index contributed by atoms with van der Waals surface area (Å²) in [5.74, 6) is 1.76. The molecule has 110 valence electrons. The summed E-state index contributed by atoms with van der Waals surface area (Å²) in [6.45, 7) is 2.12. The average Bonchev–Trinajstić information content (AvgIpc) is 2.99. The summed E-state index contributed by atoms with van der Waals surface area (Å²) in [5, 5.41) is 2.95. The van der Waals surface area contributed by atoms with E-state index in [0.29, 0.717) is 19.1 Å². The van der Waals surface area contributed by atoms with E-state index in [-0.39, 0.29) is 5.91 Å². The summed E-state index contributed by atoms with van der Waals surface area (Å²) in [6, 6.07) is 4.38. The molecular weight excluding hydrogens is 252 g/mol. The van der Waals surface area contributed by atoms with Gasteiger partial charge in [-0.2, -0.15) is 0 Å². The molecule has 1 aromatic heterocycles. The Bertz CT molecular complexity index is 428. The highest BCUT2D eigenvalue weighted by Gasteiger charge is 2.33. The molecule has 2 heterocycles. The van der Waals surface area contributed by atoms with Gasteiger partial charge in [0.25, 0.3) is 0 Å². The first-order valence-electron chi connectivity index (χ1n) is 7.86. The maximum absolute atomic E-state index is 12.1. The lowest BCUT2D eigenvalue weighted by atomic mass is 9.78. The predicted octanol–water partition coefficient (Wildman–Crippen LogP) is 2.55. The van der Waals surface area contributed by atoms with Crippen molar-refractivity contribution in [2.24, 2.45) is 5.92 Å². The Morgan fingerprint density at radius 2 is 2.15 bits per heavy atom. The molecular formula is C16H24N2O2. The highest BCUT2D eigenvalue weighted by molar-refractivity contribution is 5.78. The van der Waals surface area contributed by atoms with E-state index in [2.05, 4.69) is 10.2 Å². The second-order valence-electron chi connectivity index (χ2n) is 6.08. The van der Waals surface area contributed by atoms with Gasteiger partial charge in [-0.3, -0.25) is 9.69 Å². The number of carbonyl (C=O) groups is 1. The number of hydrogen-bond donors (Lipinski definition) is 1. The van der Waals surface area contributed by atoms with Gasteiger partial charge in [0.05, 0.1) is 19.4 Å². The van der Waals surface area contributed by atoms with Gasteiger partial charge < -0.3 is 9.73 Å². The van der Waals surface area contributed by atoms with Crippen molar-refractivity contribution in [2.75, 3.05) is 13.1 Å². The van der Waals surface area contributed by atoms with Crippen molar-refractivity contribution >= 4 is 5.91 Å². The summed E-state index contributed by atoms with van der Waals surface area (Å²) in [7, 11) is 0. The number of nitrogens with zero attached hydrogens (tertiary/aromatic N) is 1. The molecule has 1 aliphatic carbocycles. The molecule has 0 radical (unpaired) electrons. The van der Waals surface area contributed by atoms with Crippen LogP contribution in [0.1, 0.15) is 44.3 Å². The van der Waals surface area contributed by atoms with Gasteiger partial charge in [-0.1, -0.05) is 12.8 Å².